The van der Waals surface area contributed by atoms with Crippen molar-refractivity contribution in [1.82, 2.24) is 15.1 Å². The van der Waals surface area contributed by atoms with Gasteiger partial charge in [-0.15, -0.1) is 0 Å². The summed E-state index contributed by atoms with van der Waals surface area (Å²) in [5, 5.41) is 31.6. The van der Waals surface area contributed by atoms with Crippen LogP contribution in [0.2, 0.25) is 0 Å². The van der Waals surface area contributed by atoms with Gasteiger partial charge in [0.25, 0.3) is 5.91 Å². The largest absolute Gasteiger partial charge is 0.475 e. The van der Waals surface area contributed by atoms with Gasteiger partial charge in [0.1, 0.15) is 30.2 Å². The molecule has 0 bridgehead atoms. The quantitative estimate of drug-likeness (QED) is 0.253. The molecule has 2 saturated heterocycles. The number of nitriles is 1. The van der Waals surface area contributed by atoms with E-state index in [2.05, 4.69) is 5.32 Å². The predicted molar refractivity (Wildman–Crippen MR) is 137 cm³/mol. The van der Waals surface area contributed by atoms with Crippen LogP contribution in [0.4, 0.5) is 13.6 Å². The van der Waals surface area contributed by atoms with Crippen molar-refractivity contribution >= 4 is 19.1 Å². The van der Waals surface area contributed by atoms with Crippen LogP contribution in [0.15, 0.2) is 35.9 Å². The maximum Gasteiger partial charge on any atom is 0.475 e. The van der Waals surface area contributed by atoms with Crippen molar-refractivity contribution < 1.29 is 33.2 Å². The first kappa shape index (κ1) is 29.5. The first-order valence-corrected chi connectivity index (χ1v) is 12.7. The van der Waals surface area contributed by atoms with Crippen LogP contribution in [0.25, 0.3) is 0 Å². The highest BCUT2D eigenvalue weighted by atomic mass is 19.1. The Morgan fingerprint density at radius 2 is 2.03 bits per heavy atom. The van der Waals surface area contributed by atoms with Gasteiger partial charge in [-0.2, -0.15) is 5.26 Å². The summed E-state index contributed by atoms with van der Waals surface area (Å²) < 4.78 is 32.3. The van der Waals surface area contributed by atoms with Crippen molar-refractivity contribution in [2.75, 3.05) is 26.2 Å². The third kappa shape index (κ3) is 7.31. The molecule has 0 aromatic heterocycles. The van der Waals surface area contributed by atoms with E-state index in [1.807, 2.05) is 24.8 Å². The predicted octanol–water partition coefficient (Wildman–Crippen LogP) is 2.13. The molecule has 0 radical (unpaired) electrons. The average Bonchev–Trinajstić information content (AvgIpc) is 3.48. The molecule has 2 amide bonds. The molecule has 3 rings (SSSR count). The first-order valence-electron chi connectivity index (χ1n) is 12.7. The number of hydrogen-bond donors (Lipinski definition) is 3. The van der Waals surface area contributed by atoms with Gasteiger partial charge in [0.05, 0.1) is 11.5 Å². The van der Waals surface area contributed by atoms with Gasteiger partial charge in [0, 0.05) is 25.2 Å². The number of alkyl carbamates (subject to hydrolysis) is 1. The number of hydrogen-bond acceptors (Lipinski definition) is 7. The Morgan fingerprint density at radius 3 is 2.61 bits per heavy atom. The number of carbonyl (C=O) groups excluding carboxylic acids is 2. The zero-order chi connectivity index (χ0) is 28.1. The number of halogens is 2. The van der Waals surface area contributed by atoms with Gasteiger partial charge in [-0.3, -0.25) is 9.69 Å². The van der Waals surface area contributed by atoms with Gasteiger partial charge in [-0.1, -0.05) is 12.1 Å². The lowest BCUT2D eigenvalue weighted by molar-refractivity contribution is -0.131. The molecule has 3 N–H and O–H groups in total. The van der Waals surface area contributed by atoms with Gasteiger partial charge < -0.3 is 25.0 Å². The number of likely N-dealkylation sites (tertiary alicyclic amines) is 2. The number of alkyl halides is 1. The van der Waals surface area contributed by atoms with Crippen LogP contribution in [0.1, 0.15) is 45.6 Å². The second-order valence-corrected chi connectivity index (χ2v) is 10.8. The Hall–Kier alpha value is -3.01. The van der Waals surface area contributed by atoms with Crippen LogP contribution < -0.4 is 5.32 Å². The van der Waals surface area contributed by atoms with E-state index in [0.29, 0.717) is 37.9 Å². The number of nitrogens with one attached hydrogen (secondary N) is 1. The molecule has 1 unspecified atom stereocenters. The second kappa shape index (κ2) is 12.2. The zero-order valence-electron chi connectivity index (χ0n) is 22.0. The van der Waals surface area contributed by atoms with Crippen LogP contribution in [0.5, 0.6) is 0 Å². The van der Waals surface area contributed by atoms with E-state index in [1.54, 1.807) is 13.0 Å². The smallest absolute Gasteiger partial charge is 0.447 e. The van der Waals surface area contributed by atoms with Crippen LogP contribution in [-0.4, -0.2) is 88.4 Å². The van der Waals surface area contributed by atoms with Crippen molar-refractivity contribution in [3.8, 4) is 6.07 Å². The highest BCUT2D eigenvalue weighted by molar-refractivity contribution is 6.43. The van der Waals surface area contributed by atoms with Gasteiger partial charge in [-0.05, 0) is 70.2 Å². The minimum atomic E-state index is -1.89. The lowest BCUT2D eigenvalue weighted by Crippen LogP contribution is -2.52. The van der Waals surface area contributed by atoms with E-state index in [0.717, 1.165) is 0 Å². The van der Waals surface area contributed by atoms with Gasteiger partial charge in [-0.25, -0.2) is 13.6 Å². The van der Waals surface area contributed by atoms with Gasteiger partial charge >= 0.3 is 13.2 Å². The summed E-state index contributed by atoms with van der Waals surface area (Å²) in [5.41, 5.74) is -1.05. The van der Waals surface area contributed by atoms with Crippen LogP contribution in [0, 0.1) is 17.1 Å². The van der Waals surface area contributed by atoms with Crippen LogP contribution in [0.3, 0.4) is 0 Å². The SMILES string of the molecule is CC(C)(/C=C(\C#N)C(=O)N1CCC[C@]1(C)COC(=O)N[C@@H](Cc1ccc(F)cc1)B(O)O)N1CCC(F)C1. The van der Waals surface area contributed by atoms with E-state index < -0.39 is 48.1 Å². The molecule has 0 aliphatic carbocycles. The normalized spacial score (nSPS) is 23.2. The lowest BCUT2D eigenvalue weighted by atomic mass is 9.76. The van der Waals surface area contributed by atoms with E-state index in [9.17, 15) is 33.7 Å². The minimum Gasteiger partial charge on any atom is -0.447 e. The maximum atomic E-state index is 13.7. The molecule has 1 aromatic carbocycles. The van der Waals surface area contributed by atoms with Crippen molar-refractivity contribution in [3.05, 3.63) is 47.3 Å². The summed E-state index contributed by atoms with van der Waals surface area (Å²) in [7, 11) is -1.89. The molecule has 0 spiro atoms. The van der Waals surface area contributed by atoms with E-state index in [1.165, 1.54) is 29.2 Å². The molecule has 3 atom stereocenters. The van der Waals surface area contributed by atoms with Crippen molar-refractivity contribution in [1.29, 1.82) is 5.26 Å². The number of carbonyl (C=O) groups is 2. The summed E-state index contributed by atoms with van der Waals surface area (Å²) in [6, 6.07) is 7.40. The Balaban J connectivity index is 1.64. The molecule has 9 nitrogen and oxygen atoms in total. The molecule has 1 aromatic rings. The van der Waals surface area contributed by atoms with Crippen LogP contribution >= 0.6 is 0 Å². The molecule has 2 aliphatic rings. The Morgan fingerprint density at radius 1 is 1.34 bits per heavy atom. The molecule has 12 heteroatoms. The summed E-state index contributed by atoms with van der Waals surface area (Å²) >= 11 is 0. The third-order valence-corrected chi connectivity index (χ3v) is 7.33. The van der Waals surface area contributed by atoms with Gasteiger partial charge in [0.15, 0.2) is 0 Å². The van der Waals surface area contributed by atoms with Gasteiger partial charge in [0.2, 0.25) is 0 Å². The topological polar surface area (TPSA) is 126 Å². The standard InChI is InChI=1S/C26H35BF2N4O5/c1-25(2,32-12-9-21(29)16-32)14-19(15-30)23(34)33-11-4-10-26(33,3)17-38-24(35)31-22(27(36)37)13-18-5-7-20(28)8-6-18/h5-8,14,21-22,36-37H,4,9-13,16-17H2,1-3H3,(H,31,35)/b19-14+/t21?,22-,26+/m0/s1. The highest BCUT2D eigenvalue weighted by Crippen LogP contribution is 2.32. The van der Waals surface area contributed by atoms with Crippen molar-refractivity contribution in [2.24, 2.45) is 0 Å². The molecule has 206 valence electrons. The van der Waals surface area contributed by atoms with E-state index in [4.69, 9.17) is 4.74 Å². The molecule has 38 heavy (non-hydrogen) atoms. The molecule has 2 heterocycles. The summed E-state index contributed by atoms with van der Waals surface area (Å²) in [6.07, 6.45) is 1.35. The first-order chi connectivity index (χ1) is 17.8. The number of rotatable bonds is 9. The Bertz CT molecular complexity index is 1080. The van der Waals surface area contributed by atoms with Crippen molar-refractivity contribution in [2.45, 2.75) is 69.6 Å². The number of benzene rings is 1. The fraction of sp³-hybridized carbons (Fsp3) is 0.577. The number of amides is 2. The summed E-state index contributed by atoms with van der Waals surface area (Å²) in [5.74, 6) is -2.03. The third-order valence-electron chi connectivity index (χ3n) is 7.33. The lowest BCUT2D eigenvalue weighted by Gasteiger charge is -2.36. The fourth-order valence-corrected chi connectivity index (χ4v) is 5.01. The fourth-order valence-electron chi connectivity index (χ4n) is 5.01. The molecular formula is C26H35BF2N4O5. The van der Waals surface area contributed by atoms with E-state index in [-0.39, 0.29) is 25.1 Å². The zero-order valence-corrected chi connectivity index (χ0v) is 22.0. The number of nitrogens with zero attached hydrogens (tertiary/aromatic N) is 3. The highest BCUT2D eigenvalue weighted by Gasteiger charge is 2.43. The molecule has 2 aliphatic heterocycles. The molecular weight excluding hydrogens is 497 g/mol. The van der Waals surface area contributed by atoms with E-state index >= 15 is 0 Å². The molecule has 0 saturated carbocycles. The van der Waals surface area contributed by atoms with Crippen molar-refractivity contribution in [3.63, 3.8) is 0 Å². The minimum absolute atomic E-state index is 0.0290. The Kier molecular flexibility index (Phi) is 9.52. The number of ether oxygens (including phenoxy) is 1. The summed E-state index contributed by atoms with van der Waals surface area (Å²) in [6.45, 7) is 6.41. The maximum absolute atomic E-state index is 13.7. The molecule has 2 fully saturated rings. The average molecular weight is 532 g/mol. The summed E-state index contributed by atoms with van der Waals surface area (Å²) in [4.78, 5) is 29.3. The van der Waals surface area contributed by atoms with Crippen LogP contribution in [-0.2, 0) is 16.0 Å². The second-order valence-electron chi connectivity index (χ2n) is 10.8. The Labute approximate surface area is 222 Å². The monoisotopic (exact) mass is 532 g/mol.